The minimum Gasteiger partial charge on any atom is -0.481 e. The van der Waals surface area contributed by atoms with E-state index in [1.807, 2.05) is 22.9 Å². The van der Waals surface area contributed by atoms with Crippen molar-refractivity contribution in [1.82, 2.24) is 14.5 Å². The van der Waals surface area contributed by atoms with Gasteiger partial charge in [-0.25, -0.2) is 9.97 Å². The number of rotatable bonds is 4. The van der Waals surface area contributed by atoms with Crippen LogP contribution in [0.3, 0.4) is 0 Å². The Bertz CT molecular complexity index is 468. The normalized spacial score (nSPS) is 10.4. The van der Waals surface area contributed by atoms with Gasteiger partial charge in [-0.1, -0.05) is 6.07 Å². The van der Waals surface area contributed by atoms with Crippen LogP contribution in [0.25, 0.3) is 0 Å². The number of ether oxygens (including phenoxy) is 1. The second-order valence-electron chi connectivity index (χ2n) is 3.30. The standard InChI is InChI=1S/C11H13N3O2/c1-16-11-4-2-3-9(13-11)7-14-6-5-12-10(14)8-15/h2-6,15H,7-8H2,1H3. The Morgan fingerprint density at radius 2 is 2.31 bits per heavy atom. The molecule has 5 nitrogen and oxygen atoms in total. The van der Waals surface area contributed by atoms with Crippen molar-refractivity contribution < 1.29 is 9.84 Å². The minimum absolute atomic E-state index is 0.0725. The van der Waals surface area contributed by atoms with Crippen LogP contribution in [-0.4, -0.2) is 26.8 Å². The van der Waals surface area contributed by atoms with E-state index in [0.29, 0.717) is 18.2 Å². The average Bonchev–Trinajstić information content (AvgIpc) is 2.76. The molecule has 0 fully saturated rings. The molecular weight excluding hydrogens is 206 g/mol. The number of pyridine rings is 1. The summed E-state index contributed by atoms with van der Waals surface area (Å²) in [7, 11) is 1.59. The zero-order valence-electron chi connectivity index (χ0n) is 9.00. The summed E-state index contributed by atoms with van der Waals surface area (Å²) in [6.07, 6.45) is 3.47. The van der Waals surface area contributed by atoms with Gasteiger partial charge >= 0.3 is 0 Å². The number of hydrogen-bond donors (Lipinski definition) is 1. The molecule has 16 heavy (non-hydrogen) atoms. The van der Waals surface area contributed by atoms with Crippen LogP contribution < -0.4 is 4.74 Å². The summed E-state index contributed by atoms with van der Waals surface area (Å²) in [6.45, 7) is 0.504. The maximum atomic E-state index is 9.06. The third-order valence-corrected chi connectivity index (χ3v) is 2.27. The fourth-order valence-corrected chi connectivity index (χ4v) is 1.47. The van der Waals surface area contributed by atoms with Gasteiger partial charge in [-0.05, 0) is 6.07 Å². The van der Waals surface area contributed by atoms with Gasteiger partial charge in [-0.3, -0.25) is 0 Å². The van der Waals surface area contributed by atoms with Gasteiger partial charge in [0.25, 0.3) is 0 Å². The highest BCUT2D eigenvalue weighted by atomic mass is 16.5. The lowest BCUT2D eigenvalue weighted by Gasteiger charge is -2.06. The molecule has 0 saturated heterocycles. The zero-order valence-corrected chi connectivity index (χ0v) is 9.00. The van der Waals surface area contributed by atoms with Gasteiger partial charge in [0.1, 0.15) is 12.4 Å². The number of hydrogen-bond acceptors (Lipinski definition) is 4. The van der Waals surface area contributed by atoms with Crippen LogP contribution in [-0.2, 0) is 13.2 Å². The third kappa shape index (κ3) is 2.20. The van der Waals surface area contributed by atoms with Crippen molar-refractivity contribution in [3.8, 4) is 5.88 Å². The van der Waals surface area contributed by atoms with E-state index in [1.54, 1.807) is 19.4 Å². The van der Waals surface area contributed by atoms with Crippen molar-refractivity contribution in [3.05, 3.63) is 42.1 Å². The molecule has 0 amide bonds. The molecular formula is C11H13N3O2. The summed E-state index contributed by atoms with van der Waals surface area (Å²) in [6, 6.07) is 5.59. The van der Waals surface area contributed by atoms with Gasteiger partial charge in [-0.15, -0.1) is 0 Å². The van der Waals surface area contributed by atoms with Crippen LogP contribution in [0.2, 0.25) is 0 Å². The maximum absolute atomic E-state index is 9.06. The van der Waals surface area contributed by atoms with Crippen LogP contribution in [0.1, 0.15) is 11.5 Å². The van der Waals surface area contributed by atoms with Crippen LogP contribution in [0.5, 0.6) is 5.88 Å². The molecule has 2 heterocycles. The van der Waals surface area contributed by atoms with E-state index in [1.165, 1.54) is 0 Å². The van der Waals surface area contributed by atoms with E-state index >= 15 is 0 Å². The Morgan fingerprint density at radius 1 is 1.44 bits per heavy atom. The fraction of sp³-hybridized carbons (Fsp3) is 0.273. The number of aromatic nitrogens is 3. The molecule has 2 aromatic heterocycles. The molecule has 1 N–H and O–H groups in total. The van der Waals surface area contributed by atoms with Gasteiger partial charge < -0.3 is 14.4 Å². The van der Waals surface area contributed by atoms with E-state index in [4.69, 9.17) is 9.84 Å². The number of aliphatic hydroxyl groups is 1. The second kappa shape index (κ2) is 4.76. The summed E-state index contributed by atoms with van der Waals surface area (Å²) >= 11 is 0. The van der Waals surface area contributed by atoms with E-state index in [-0.39, 0.29) is 6.61 Å². The maximum Gasteiger partial charge on any atom is 0.213 e. The average molecular weight is 219 g/mol. The number of nitrogens with zero attached hydrogens (tertiary/aromatic N) is 3. The molecule has 2 rings (SSSR count). The van der Waals surface area contributed by atoms with E-state index in [2.05, 4.69) is 9.97 Å². The molecule has 0 unspecified atom stereocenters. The highest BCUT2D eigenvalue weighted by Crippen LogP contribution is 2.09. The smallest absolute Gasteiger partial charge is 0.213 e. The Kier molecular flexibility index (Phi) is 3.16. The van der Waals surface area contributed by atoms with E-state index in [9.17, 15) is 0 Å². The van der Waals surface area contributed by atoms with Crippen molar-refractivity contribution >= 4 is 0 Å². The first-order valence-corrected chi connectivity index (χ1v) is 4.94. The number of imidazole rings is 1. The Morgan fingerprint density at radius 3 is 3.06 bits per heavy atom. The molecule has 5 heteroatoms. The molecule has 0 aliphatic rings. The Labute approximate surface area is 93.3 Å². The molecule has 0 radical (unpaired) electrons. The molecule has 0 bridgehead atoms. The van der Waals surface area contributed by atoms with Crippen molar-refractivity contribution in [2.24, 2.45) is 0 Å². The predicted octanol–water partition coefficient (Wildman–Crippen LogP) is 0.827. The highest BCUT2D eigenvalue weighted by Gasteiger charge is 2.03. The van der Waals surface area contributed by atoms with Crippen molar-refractivity contribution in [3.63, 3.8) is 0 Å². The van der Waals surface area contributed by atoms with Crippen LogP contribution in [0, 0.1) is 0 Å². The van der Waals surface area contributed by atoms with Crippen LogP contribution in [0.4, 0.5) is 0 Å². The number of aliphatic hydroxyl groups excluding tert-OH is 1. The summed E-state index contributed by atoms with van der Waals surface area (Å²) in [4.78, 5) is 8.32. The first-order chi connectivity index (χ1) is 7.83. The summed E-state index contributed by atoms with van der Waals surface area (Å²) < 4.78 is 6.89. The molecule has 0 atom stereocenters. The van der Waals surface area contributed by atoms with Crippen LogP contribution >= 0.6 is 0 Å². The minimum atomic E-state index is -0.0725. The summed E-state index contributed by atoms with van der Waals surface area (Å²) in [5.74, 6) is 1.22. The third-order valence-electron chi connectivity index (χ3n) is 2.27. The number of methoxy groups -OCH3 is 1. The molecule has 0 saturated carbocycles. The van der Waals surface area contributed by atoms with Gasteiger partial charge in [0.2, 0.25) is 5.88 Å². The largest absolute Gasteiger partial charge is 0.481 e. The lowest BCUT2D eigenvalue weighted by atomic mass is 10.3. The summed E-state index contributed by atoms with van der Waals surface area (Å²) in [5, 5.41) is 9.06. The van der Waals surface area contributed by atoms with Crippen molar-refractivity contribution in [2.45, 2.75) is 13.2 Å². The van der Waals surface area contributed by atoms with Gasteiger partial charge in [0.05, 0.1) is 19.3 Å². The Hall–Kier alpha value is -1.88. The molecule has 0 spiro atoms. The second-order valence-corrected chi connectivity index (χ2v) is 3.30. The van der Waals surface area contributed by atoms with Gasteiger partial charge in [0.15, 0.2) is 0 Å². The lowest BCUT2D eigenvalue weighted by molar-refractivity contribution is 0.266. The van der Waals surface area contributed by atoms with E-state index < -0.39 is 0 Å². The monoisotopic (exact) mass is 219 g/mol. The highest BCUT2D eigenvalue weighted by molar-refractivity contribution is 5.16. The van der Waals surface area contributed by atoms with Gasteiger partial charge in [-0.2, -0.15) is 0 Å². The quantitative estimate of drug-likeness (QED) is 0.827. The summed E-state index contributed by atoms with van der Waals surface area (Å²) in [5.41, 5.74) is 0.868. The molecule has 0 aliphatic carbocycles. The Balaban J connectivity index is 2.20. The molecule has 0 aromatic carbocycles. The first-order valence-electron chi connectivity index (χ1n) is 4.94. The molecule has 2 aromatic rings. The molecule has 0 aliphatic heterocycles. The van der Waals surface area contributed by atoms with E-state index in [0.717, 1.165) is 5.69 Å². The lowest BCUT2D eigenvalue weighted by Crippen LogP contribution is -2.06. The molecule has 84 valence electrons. The zero-order chi connectivity index (χ0) is 11.4. The van der Waals surface area contributed by atoms with Crippen LogP contribution in [0.15, 0.2) is 30.6 Å². The van der Waals surface area contributed by atoms with Gasteiger partial charge in [0, 0.05) is 18.5 Å². The SMILES string of the molecule is COc1cccc(Cn2ccnc2CO)n1. The fourth-order valence-electron chi connectivity index (χ4n) is 1.47. The predicted molar refractivity (Wildman–Crippen MR) is 58.0 cm³/mol. The topological polar surface area (TPSA) is 60.2 Å². The van der Waals surface area contributed by atoms with Crippen molar-refractivity contribution in [2.75, 3.05) is 7.11 Å². The first kappa shape index (κ1) is 10.6. The van der Waals surface area contributed by atoms with Crippen molar-refractivity contribution in [1.29, 1.82) is 0 Å².